The molecule has 1 aromatic carbocycles. The summed E-state index contributed by atoms with van der Waals surface area (Å²) in [6, 6.07) is 8.45. The van der Waals surface area contributed by atoms with Crippen LogP contribution in [0, 0.1) is 0 Å². The lowest BCUT2D eigenvalue weighted by Crippen LogP contribution is -2.30. The van der Waals surface area contributed by atoms with E-state index in [0.717, 1.165) is 24.1 Å². The maximum atomic E-state index is 12.8. The van der Waals surface area contributed by atoms with Crippen molar-refractivity contribution in [3.8, 4) is 0 Å². The molecule has 0 saturated heterocycles. The highest BCUT2D eigenvalue weighted by atomic mass is 16.4. The Morgan fingerprint density at radius 2 is 2.04 bits per heavy atom. The van der Waals surface area contributed by atoms with Gasteiger partial charge in [-0.25, -0.2) is 9.97 Å². The van der Waals surface area contributed by atoms with Crippen LogP contribution in [0.2, 0.25) is 0 Å². The molecular weight excluding hydrogens is 332 g/mol. The fourth-order valence-corrected chi connectivity index (χ4v) is 3.00. The van der Waals surface area contributed by atoms with Crippen molar-refractivity contribution >= 4 is 23.0 Å². The van der Waals surface area contributed by atoms with Gasteiger partial charge >= 0.3 is 5.97 Å². The zero-order valence-corrected chi connectivity index (χ0v) is 14.0. The van der Waals surface area contributed by atoms with Gasteiger partial charge in [-0.3, -0.25) is 9.59 Å². The summed E-state index contributed by atoms with van der Waals surface area (Å²) in [5.41, 5.74) is 3.09. The second-order valence-electron chi connectivity index (χ2n) is 6.50. The van der Waals surface area contributed by atoms with Crippen LogP contribution in [0.1, 0.15) is 52.8 Å². The first kappa shape index (κ1) is 16.3. The van der Waals surface area contributed by atoms with Crippen molar-refractivity contribution in [1.29, 1.82) is 0 Å². The minimum Gasteiger partial charge on any atom is -0.481 e. The van der Waals surface area contributed by atoms with E-state index in [9.17, 15) is 14.7 Å². The Morgan fingerprint density at radius 1 is 1.27 bits per heavy atom. The topological polar surface area (TPSA) is 108 Å². The smallest absolute Gasteiger partial charge is 0.305 e. The Hall–Kier alpha value is -3.22. The summed E-state index contributed by atoms with van der Waals surface area (Å²) < 4.78 is 0. The van der Waals surface area contributed by atoms with Gasteiger partial charge in [-0.2, -0.15) is 0 Å². The molecule has 4 rings (SSSR count). The molecule has 2 aromatic heterocycles. The second-order valence-corrected chi connectivity index (χ2v) is 6.50. The average molecular weight is 350 g/mol. The van der Waals surface area contributed by atoms with Crippen LogP contribution in [0.15, 0.2) is 42.7 Å². The lowest BCUT2D eigenvalue weighted by atomic mass is 10.0. The Balaban J connectivity index is 1.62. The number of carboxylic acids is 1. The fraction of sp³-hybridized carbons (Fsp3) is 0.263. The van der Waals surface area contributed by atoms with Crippen molar-refractivity contribution in [2.75, 3.05) is 0 Å². The standard InChI is InChI=1S/C19H18N4O3/c24-16(25)8-14(11-4-2-1-3-5-11)23-19(26)13-9-20-18-17(13)22-15(10-21-18)12-6-7-12/h1-5,9-10,12,14H,6-8H2,(H,20,21)(H,23,26)(H,24,25)/t14-/m0/s1. The molecule has 0 unspecified atom stereocenters. The molecule has 0 radical (unpaired) electrons. The van der Waals surface area contributed by atoms with Crippen LogP contribution in [0.5, 0.6) is 0 Å². The number of nitrogens with zero attached hydrogens (tertiary/aromatic N) is 2. The Morgan fingerprint density at radius 3 is 2.73 bits per heavy atom. The molecule has 2 heterocycles. The maximum Gasteiger partial charge on any atom is 0.305 e. The third-order valence-electron chi connectivity index (χ3n) is 4.53. The maximum absolute atomic E-state index is 12.8. The summed E-state index contributed by atoms with van der Waals surface area (Å²) in [6.07, 6.45) is 5.31. The van der Waals surface area contributed by atoms with E-state index in [1.165, 1.54) is 0 Å². The zero-order chi connectivity index (χ0) is 18.1. The molecule has 7 nitrogen and oxygen atoms in total. The number of aromatic amines is 1. The number of carbonyl (C=O) groups is 2. The van der Waals surface area contributed by atoms with Crippen molar-refractivity contribution in [2.24, 2.45) is 0 Å². The number of rotatable bonds is 6. The summed E-state index contributed by atoms with van der Waals surface area (Å²) in [4.78, 5) is 35.9. The molecule has 0 aliphatic heterocycles. The number of benzene rings is 1. The van der Waals surface area contributed by atoms with Crippen molar-refractivity contribution in [1.82, 2.24) is 20.3 Å². The van der Waals surface area contributed by atoms with Gasteiger partial charge in [-0.15, -0.1) is 0 Å². The minimum absolute atomic E-state index is 0.197. The molecule has 1 fully saturated rings. The van der Waals surface area contributed by atoms with Gasteiger partial charge in [0.25, 0.3) is 5.91 Å². The van der Waals surface area contributed by atoms with E-state index in [2.05, 4.69) is 20.3 Å². The number of hydrogen-bond acceptors (Lipinski definition) is 4. The molecule has 1 atom stereocenters. The number of H-pyrrole nitrogens is 1. The van der Waals surface area contributed by atoms with E-state index in [4.69, 9.17) is 0 Å². The van der Waals surface area contributed by atoms with Crippen LogP contribution in [-0.4, -0.2) is 31.9 Å². The minimum atomic E-state index is -0.978. The molecule has 3 N–H and O–H groups in total. The van der Waals surface area contributed by atoms with Crippen molar-refractivity contribution in [3.63, 3.8) is 0 Å². The lowest BCUT2D eigenvalue weighted by molar-refractivity contribution is -0.137. The Bertz CT molecular complexity index is 963. The number of nitrogens with one attached hydrogen (secondary N) is 2. The Labute approximate surface area is 149 Å². The molecule has 0 spiro atoms. The monoisotopic (exact) mass is 350 g/mol. The first-order chi connectivity index (χ1) is 12.6. The summed E-state index contributed by atoms with van der Waals surface area (Å²) in [6.45, 7) is 0. The predicted molar refractivity (Wildman–Crippen MR) is 94.8 cm³/mol. The van der Waals surface area contributed by atoms with Crippen LogP contribution >= 0.6 is 0 Å². The highest BCUT2D eigenvalue weighted by molar-refractivity contribution is 6.04. The highest BCUT2D eigenvalue weighted by Gasteiger charge is 2.27. The van der Waals surface area contributed by atoms with E-state index in [-0.39, 0.29) is 12.3 Å². The van der Waals surface area contributed by atoms with Gasteiger partial charge in [0.15, 0.2) is 5.65 Å². The van der Waals surface area contributed by atoms with E-state index in [0.29, 0.717) is 22.6 Å². The highest BCUT2D eigenvalue weighted by Crippen LogP contribution is 2.39. The quantitative estimate of drug-likeness (QED) is 0.633. The number of aliphatic carboxylic acids is 1. The predicted octanol–water partition coefficient (Wildman–Crippen LogP) is 2.78. The number of aromatic nitrogens is 3. The molecule has 1 amide bonds. The van der Waals surface area contributed by atoms with Gasteiger partial charge in [0, 0.05) is 12.1 Å². The molecule has 1 saturated carbocycles. The van der Waals surface area contributed by atoms with Crippen molar-refractivity contribution in [3.05, 3.63) is 59.5 Å². The van der Waals surface area contributed by atoms with Gasteiger partial charge in [0.1, 0.15) is 5.52 Å². The third kappa shape index (κ3) is 3.28. The van der Waals surface area contributed by atoms with Crippen LogP contribution in [0.4, 0.5) is 0 Å². The molecule has 1 aliphatic rings. The molecule has 1 aliphatic carbocycles. The Kier molecular flexibility index (Phi) is 4.12. The first-order valence-electron chi connectivity index (χ1n) is 8.53. The fourth-order valence-electron chi connectivity index (χ4n) is 3.00. The lowest BCUT2D eigenvalue weighted by Gasteiger charge is -2.17. The van der Waals surface area contributed by atoms with Crippen molar-refractivity contribution in [2.45, 2.75) is 31.2 Å². The largest absolute Gasteiger partial charge is 0.481 e. The summed E-state index contributed by atoms with van der Waals surface area (Å²) >= 11 is 0. The van der Waals surface area contributed by atoms with Gasteiger partial charge in [-0.05, 0) is 18.4 Å². The molecule has 132 valence electrons. The number of hydrogen-bond donors (Lipinski definition) is 3. The summed E-state index contributed by atoms with van der Waals surface area (Å²) in [5.74, 6) is -0.913. The molecule has 3 aromatic rings. The van der Waals surface area contributed by atoms with Gasteiger partial charge < -0.3 is 15.4 Å². The molecule has 7 heteroatoms. The van der Waals surface area contributed by atoms with Crippen LogP contribution in [-0.2, 0) is 4.79 Å². The van der Waals surface area contributed by atoms with E-state index >= 15 is 0 Å². The number of amides is 1. The van der Waals surface area contributed by atoms with Crippen LogP contribution in [0.25, 0.3) is 11.2 Å². The number of carbonyl (C=O) groups excluding carboxylic acids is 1. The molecular formula is C19H18N4O3. The van der Waals surface area contributed by atoms with Crippen molar-refractivity contribution < 1.29 is 14.7 Å². The summed E-state index contributed by atoms with van der Waals surface area (Å²) in [7, 11) is 0. The van der Waals surface area contributed by atoms with E-state index in [1.807, 2.05) is 18.2 Å². The van der Waals surface area contributed by atoms with Gasteiger partial charge in [-0.1, -0.05) is 30.3 Å². The van der Waals surface area contributed by atoms with E-state index < -0.39 is 12.0 Å². The normalized spacial score (nSPS) is 14.9. The van der Waals surface area contributed by atoms with Gasteiger partial charge in [0.05, 0.1) is 29.9 Å². The molecule has 0 bridgehead atoms. The van der Waals surface area contributed by atoms with Crippen LogP contribution < -0.4 is 5.32 Å². The average Bonchev–Trinajstić information content (AvgIpc) is 3.40. The third-order valence-corrected chi connectivity index (χ3v) is 4.53. The van der Waals surface area contributed by atoms with Gasteiger partial charge in [0.2, 0.25) is 0 Å². The zero-order valence-electron chi connectivity index (χ0n) is 14.0. The van der Waals surface area contributed by atoms with Crippen LogP contribution in [0.3, 0.4) is 0 Å². The number of fused-ring (bicyclic) bond motifs is 1. The number of carboxylic acid groups (broad SMARTS) is 1. The summed E-state index contributed by atoms with van der Waals surface area (Å²) in [5, 5.41) is 12.0. The SMILES string of the molecule is O=C(O)C[C@H](NC(=O)c1c[nH]c2ncc(C3CC3)nc12)c1ccccc1. The first-order valence-corrected chi connectivity index (χ1v) is 8.53. The van der Waals surface area contributed by atoms with E-state index in [1.54, 1.807) is 24.5 Å². The second kappa shape index (κ2) is 6.59. The molecule has 26 heavy (non-hydrogen) atoms.